The Hall–Kier alpha value is -1.53. The maximum absolute atomic E-state index is 12.5. The van der Waals surface area contributed by atoms with Crippen molar-refractivity contribution in [2.24, 2.45) is 0 Å². The van der Waals surface area contributed by atoms with E-state index in [1.807, 2.05) is 0 Å². The van der Waals surface area contributed by atoms with Crippen LogP contribution < -0.4 is 0 Å². The van der Waals surface area contributed by atoms with E-state index in [0.717, 1.165) is 0 Å². The van der Waals surface area contributed by atoms with E-state index in [-0.39, 0.29) is 5.82 Å². The molecule has 2 rings (SSSR count). The first-order valence-corrected chi connectivity index (χ1v) is 4.51. The number of aromatic nitrogens is 3. The fourth-order valence-electron chi connectivity index (χ4n) is 1.15. The summed E-state index contributed by atoms with van der Waals surface area (Å²) in [6.45, 7) is 2.20. The molecule has 1 aliphatic rings. The molecule has 0 spiro atoms. The third-order valence-electron chi connectivity index (χ3n) is 2.12. The summed E-state index contributed by atoms with van der Waals surface area (Å²) in [5, 5.41) is 3.74. The quantitative estimate of drug-likeness (QED) is 0.704. The number of aryl methyl sites for hydroxylation is 1. The Morgan fingerprint density at radius 1 is 1.80 bits per heavy atom. The van der Waals surface area contributed by atoms with Crippen molar-refractivity contribution in [2.75, 3.05) is 0 Å². The standard InChI is InChI=1S/C8H9F2N3O2/c1-2-13-6(11-4-12-13)7(14)15-5-3-8(5,9)10/h4-5H,2-3H2,1H3. The summed E-state index contributed by atoms with van der Waals surface area (Å²) in [7, 11) is 0. The average molecular weight is 217 g/mol. The minimum absolute atomic E-state index is 0.0415. The van der Waals surface area contributed by atoms with E-state index in [4.69, 9.17) is 0 Å². The van der Waals surface area contributed by atoms with Gasteiger partial charge in [-0.15, -0.1) is 0 Å². The highest BCUT2D eigenvalue weighted by Crippen LogP contribution is 2.44. The van der Waals surface area contributed by atoms with Crippen molar-refractivity contribution in [3.05, 3.63) is 12.2 Å². The first-order chi connectivity index (χ1) is 7.04. The first kappa shape index (κ1) is 10.0. The van der Waals surface area contributed by atoms with Crippen molar-refractivity contribution in [1.82, 2.24) is 14.8 Å². The fourth-order valence-corrected chi connectivity index (χ4v) is 1.15. The van der Waals surface area contributed by atoms with E-state index in [1.165, 1.54) is 11.0 Å². The topological polar surface area (TPSA) is 57.0 Å². The molecule has 1 unspecified atom stereocenters. The minimum Gasteiger partial charge on any atom is -0.450 e. The molecule has 7 heteroatoms. The zero-order chi connectivity index (χ0) is 11.1. The van der Waals surface area contributed by atoms with E-state index in [9.17, 15) is 13.6 Å². The summed E-state index contributed by atoms with van der Waals surface area (Å²) in [5.74, 6) is -3.76. The van der Waals surface area contributed by atoms with Crippen LogP contribution in [0.2, 0.25) is 0 Å². The van der Waals surface area contributed by atoms with Gasteiger partial charge in [0.15, 0.2) is 6.10 Å². The number of esters is 1. The molecule has 1 saturated carbocycles. The smallest absolute Gasteiger partial charge is 0.376 e. The molecule has 0 aliphatic heterocycles. The maximum atomic E-state index is 12.5. The minimum atomic E-state index is -2.87. The highest BCUT2D eigenvalue weighted by atomic mass is 19.3. The molecule has 1 aromatic heterocycles. The van der Waals surface area contributed by atoms with Gasteiger partial charge in [-0.1, -0.05) is 0 Å². The fraction of sp³-hybridized carbons (Fsp3) is 0.625. The molecule has 0 aromatic carbocycles. The van der Waals surface area contributed by atoms with Crippen LogP contribution in [0, 0.1) is 0 Å². The first-order valence-electron chi connectivity index (χ1n) is 4.51. The van der Waals surface area contributed by atoms with Gasteiger partial charge in [0.05, 0.1) is 6.42 Å². The number of carbonyl (C=O) groups excluding carboxylic acids is 1. The van der Waals surface area contributed by atoms with Gasteiger partial charge < -0.3 is 4.74 Å². The molecule has 0 N–H and O–H groups in total. The number of hydrogen-bond acceptors (Lipinski definition) is 4. The van der Waals surface area contributed by atoms with E-state index < -0.39 is 24.4 Å². The Morgan fingerprint density at radius 2 is 2.47 bits per heavy atom. The normalized spacial score (nSPS) is 22.5. The molecule has 1 atom stereocenters. The Labute approximate surface area is 84.0 Å². The van der Waals surface area contributed by atoms with Gasteiger partial charge in [0.25, 0.3) is 5.92 Å². The zero-order valence-corrected chi connectivity index (χ0v) is 7.98. The second kappa shape index (κ2) is 3.25. The van der Waals surface area contributed by atoms with Gasteiger partial charge in [-0.3, -0.25) is 0 Å². The monoisotopic (exact) mass is 217 g/mol. The largest absolute Gasteiger partial charge is 0.450 e. The number of halogens is 2. The second-order valence-electron chi connectivity index (χ2n) is 3.26. The number of nitrogens with zero attached hydrogens (tertiary/aromatic N) is 3. The number of carbonyl (C=O) groups is 1. The maximum Gasteiger partial charge on any atom is 0.376 e. The lowest BCUT2D eigenvalue weighted by Crippen LogP contribution is -2.17. The Bertz CT molecular complexity index is 391. The van der Waals surface area contributed by atoms with Crippen LogP contribution in [0.15, 0.2) is 6.33 Å². The summed E-state index contributed by atoms with van der Waals surface area (Å²) in [5.41, 5.74) is 0. The highest BCUT2D eigenvalue weighted by Gasteiger charge is 2.60. The average Bonchev–Trinajstić information content (AvgIpc) is 2.67. The van der Waals surface area contributed by atoms with E-state index in [2.05, 4.69) is 14.8 Å². The molecule has 0 saturated heterocycles. The highest BCUT2D eigenvalue weighted by molar-refractivity contribution is 5.85. The number of hydrogen-bond donors (Lipinski definition) is 0. The molecule has 1 aromatic rings. The summed E-state index contributed by atoms with van der Waals surface area (Å²) in [4.78, 5) is 15.0. The Kier molecular flexibility index (Phi) is 2.17. The Morgan fingerprint density at radius 3 is 3.00 bits per heavy atom. The zero-order valence-electron chi connectivity index (χ0n) is 7.98. The van der Waals surface area contributed by atoms with Gasteiger partial charge in [-0.05, 0) is 6.92 Å². The molecular weight excluding hydrogens is 208 g/mol. The van der Waals surface area contributed by atoms with Crippen molar-refractivity contribution in [3.8, 4) is 0 Å². The molecule has 5 nitrogen and oxygen atoms in total. The summed E-state index contributed by atoms with van der Waals surface area (Å²) in [6.07, 6.45) is -0.517. The molecule has 15 heavy (non-hydrogen) atoms. The van der Waals surface area contributed by atoms with Crippen LogP contribution in [0.3, 0.4) is 0 Å². The van der Waals surface area contributed by atoms with Crippen molar-refractivity contribution in [1.29, 1.82) is 0 Å². The van der Waals surface area contributed by atoms with E-state index in [1.54, 1.807) is 6.92 Å². The molecule has 0 radical (unpaired) electrons. The molecule has 0 bridgehead atoms. The van der Waals surface area contributed by atoms with Crippen molar-refractivity contribution in [3.63, 3.8) is 0 Å². The van der Waals surface area contributed by atoms with Gasteiger partial charge in [0.2, 0.25) is 5.82 Å². The van der Waals surface area contributed by atoms with Gasteiger partial charge in [-0.2, -0.15) is 5.10 Å². The lowest BCUT2D eigenvalue weighted by atomic mass is 10.6. The van der Waals surface area contributed by atoms with Crippen LogP contribution in [-0.2, 0) is 11.3 Å². The molecule has 1 aliphatic carbocycles. The molecule has 1 fully saturated rings. The predicted octanol–water partition coefficient (Wildman–Crippen LogP) is 0.862. The summed E-state index contributed by atoms with van der Waals surface area (Å²) < 4.78 is 30.8. The summed E-state index contributed by atoms with van der Waals surface area (Å²) in [6, 6.07) is 0. The Balaban J connectivity index is 2.03. The molecular formula is C8H9F2N3O2. The summed E-state index contributed by atoms with van der Waals surface area (Å²) >= 11 is 0. The molecule has 82 valence electrons. The van der Waals surface area contributed by atoms with Crippen molar-refractivity contribution in [2.45, 2.75) is 31.9 Å². The lowest BCUT2D eigenvalue weighted by molar-refractivity contribution is 0.0120. The van der Waals surface area contributed by atoms with Crippen LogP contribution >= 0.6 is 0 Å². The number of ether oxygens (including phenoxy) is 1. The second-order valence-corrected chi connectivity index (χ2v) is 3.26. The van der Waals surface area contributed by atoms with Crippen molar-refractivity contribution < 1.29 is 18.3 Å². The van der Waals surface area contributed by atoms with E-state index >= 15 is 0 Å². The lowest BCUT2D eigenvalue weighted by Gasteiger charge is -2.03. The number of alkyl halides is 2. The SMILES string of the molecule is CCn1ncnc1C(=O)OC1CC1(F)F. The van der Waals surface area contributed by atoms with Gasteiger partial charge in [0, 0.05) is 6.54 Å². The van der Waals surface area contributed by atoms with Crippen LogP contribution in [-0.4, -0.2) is 32.8 Å². The van der Waals surface area contributed by atoms with Gasteiger partial charge in [-0.25, -0.2) is 23.2 Å². The molecule has 1 heterocycles. The van der Waals surface area contributed by atoms with Crippen LogP contribution in [0.25, 0.3) is 0 Å². The van der Waals surface area contributed by atoms with Gasteiger partial charge in [0.1, 0.15) is 6.33 Å². The van der Waals surface area contributed by atoms with Gasteiger partial charge >= 0.3 is 5.97 Å². The van der Waals surface area contributed by atoms with Crippen LogP contribution in [0.5, 0.6) is 0 Å². The predicted molar refractivity (Wildman–Crippen MR) is 44.5 cm³/mol. The molecule has 0 amide bonds. The van der Waals surface area contributed by atoms with Crippen molar-refractivity contribution >= 4 is 5.97 Å². The van der Waals surface area contributed by atoms with E-state index in [0.29, 0.717) is 6.54 Å². The van der Waals surface area contributed by atoms with Crippen LogP contribution in [0.4, 0.5) is 8.78 Å². The third kappa shape index (κ3) is 1.81. The van der Waals surface area contributed by atoms with Crippen LogP contribution in [0.1, 0.15) is 24.0 Å². The third-order valence-corrected chi connectivity index (χ3v) is 2.12. The number of rotatable bonds is 3.